The lowest BCUT2D eigenvalue weighted by atomic mass is 10.0. The van der Waals surface area contributed by atoms with E-state index in [0.29, 0.717) is 12.1 Å². The number of anilines is 1. The first-order valence-electron chi connectivity index (χ1n) is 8.14. The van der Waals surface area contributed by atoms with Crippen molar-refractivity contribution < 1.29 is 0 Å². The summed E-state index contributed by atoms with van der Waals surface area (Å²) < 4.78 is 0. The van der Waals surface area contributed by atoms with Gasteiger partial charge in [0.25, 0.3) is 0 Å². The maximum atomic E-state index is 4.80. The van der Waals surface area contributed by atoms with Gasteiger partial charge in [0.2, 0.25) is 0 Å². The van der Waals surface area contributed by atoms with Gasteiger partial charge in [0.15, 0.2) is 0 Å². The minimum absolute atomic E-state index is 0.578. The molecular formula is C17H27N3. The number of hydrogen-bond acceptors (Lipinski definition) is 3. The smallest absolute Gasteiger partial charge is 0.131 e. The zero-order valence-corrected chi connectivity index (χ0v) is 13.1. The van der Waals surface area contributed by atoms with Crippen LogP contribution in [-0.4, -0.2) is 35.6 Å². The van der Waals surface area contributed by atoms with Gasteiger partial charge in [-0.1, -0.05) is 0 Å². The van der Waals surface area contributed by atoms with Crippen molar-refractivity contribution in [3.8, 4) is 0 Å². The Balaban J connectivity index is 1.82. The lowest BCUT2D eigenvalue weighted by molar-refractivity contribution is 0.205. The van der Waals surface area contributed by atoms with Crippen molar-refractivity contribution in [1.29, 1.82) is 0 Å². The van der Waals surface area contributed by atoms with E-state index in [2.05, 4.69) is 42.8 Å². The Bertz CT molecular complexity index is 463. The highest BCUT2D eigenvalue weighted by molar-refractivity contribution is 5.48. The number of nitrogens with zero attached hydrogens (tertiary/aromatic N) is 3. The molecule has 0 saturated carbocycles. The molecule has 3 rings (SSSR count). The minimum atomic E-state index is 0.578. The monoisotopic (exact) mass is 273 g/mol. The number of rotatable bonds is 3. The first-order valence-corrected chi connectivity index (χ1v) is 8.14. The largest absolute Gasteiger partial charge is 0.356 e. The van der Waals surface area contributed by atoms with Crippen molar-refractivity contribution in [2.75, 3.05) is 24.5 Å². The predicted molar refractivity (Wildman–Crippen MR) is 84.2 cm³/mol. The second-order valence-electron chi connectivity index (χ2n) is 6.59. The molecule has 2 aliphatic rings. The molecule has 0 spiro atoms. The molecule has 1 aromatic rings. The first kappa shape index (κ1) is 13.9. The van der Waals surface area contributed by atoms with Crippen LogP contribution >= 0.6 is 0 Å². The van der Waals surface area contributed by atoms with Crippen LogP contribution < -0.4 is 4.90 Å². The van der Waals surface area contributed by atoms with Gasteiger partial charge < -0.3 is 4.90 Å². The molecule has 0 aromatic carbocycles. The third kappa shape index (κ3) is 2.56. The zero-order valence-electron chi connectivity index (χ0n) is 13.1. The summed E-state index contributed by atoms with van der Waals surface area (Å²) in [5, 5.41) is 0. The highest BCUT2D eigenvalue weighted by atomic mass is 15.2. The fourth-order valence-electron chi connectivity index (χ4n) is 3.80. The second kappa shape index (κ2) is 5.72. The van der Waals surface area contributed by atoms with Crippen LogP contribution in [0, 0.1) is 6.92 Å². The molecule has 3 heteroatoms. The summed E-state index contributed by atoms with van der Waals surface area (Å²) >= 11 is 0. The quantitative estimate of drug-likeness (QED) is 0.840. The zero-order chi connectivity index (χ0) is 14.1. The van der Waals surface area contributed by atoms with Crippen LogP contribution in [0.1, 0.15) is 56.7 Å². The molecule has 1 atom stereocenters. The van der Waals surface area contributed by atoms with Gasteiger partial charge in [-0.15, -0.1) is 0 Å². The van der Waals surface area contributed by atoms with E-state index in [4.69, 9.17) is 4.98 Å². The van der Waals surface area contributed by atoms with E-state index >= 15 is 0 Å². The summed E-state index contributed by atoms with van der Waals surface area (Å²) in [6, 6.07) is 3.58. The van der Waals surface area contributed by atoms with Gasteiger partial charge in [-0.25, -0.2) is 4.98 Å². The molecule has 3 heterocycles. The fourth-order valence-corrected chi connectivity index (χ4v) is 3.80. The molecule has 3 nitrogen and oxygen atoms in total. The molecule has 110 valence electrons. The number of likely N-dealkylation sites (tertiary alicyclic amines) is 1. The molecule has 0 aliphatic carbocycles. The van der Waals surface area contributed by atoms with E-state index in [1.165, 1.54) is 62.3 Å². The van der Waals surface area contributed by atoms with Crippen molar-refractivity contribution in [2.45, 2.75) is 58.5 Å². The van der Waals surface area contributed by atoms with Gasteiger partial charge in [-0.3, -0.25) is 4.90 Å². The highest BCUT2D eigenvalue weighted by Gasteiger charge is 2.28. The lowest BCUT2D eigenvalue weighted by Gasteiger charge is -2.29. The summed E-state index contributed by atoms with van der Waals surface area (Å²) in [5.41, 5.74) is 2.76. The summed E-state index contributed by atoms with van der Waals surface area (Å²) in [6.07, 6.45) is 7.35. The van der Waals surface area contributed by atoms with Gasteiger partial charge in [0, 0.05) is 31.4 Å². The van der Waals surface area contributed by atoms with Gasteiger partial charge >= 0.3 is 0 Å². The van der Waals surface area contributed by atoms with E-state index < -0.39 is 0 Å². The van der Waals surface area contributed by atoms with Crippen LogP contribution in [-0.2, 0) is 0 Å². The second-order valence-corrected chi connectivity index (χ2v) is 6.59. The van der Waals surface area contributed by atoms with E-state index in [1.54, 1.807) is 0 Å². The van der Waals surface area contributed by atoms with Crippen LogP contribution in [0.5, 0.6) is 0 Å². The molecule has 2 fully saturated rings. The topological polar surface area (TPSA) is 19.4 Å². The lowest BCUT2D eigenvalue weighted by Crippen LogP contribution is -2.30. The molecule has 2 saturated heterocycles. The number of pyridine rings is 1. The Morgan fingerprint density at radius 2 is 1.90 bits per heavy atom. The SMILES string of the molecule is Cc1cc([C@@H]2CCCN2C(C)C)cnc1N1CCCC1. The van der Waals surface area contributed by atoms with E-state index in [-0.39, 0.29) is 0 Å². The number of aromatic nitrogens is 1. The maximum absolute atomic E-state index is 4.80. The first-order chi connectivity index (χ1) is 9.66. The molecule has 0 radical (unpaired) electrons. The maximum Gasteiger partial charge on any atom is 0.131 e. The van der Waals surface area contributed by atoms with Crippen LogP contribution in [0.4, 0.5) is 5.82 Å². The van der Waals surface area contributed by atoms with Crippen molar-refractivity contribution in [3.63, 3.8) is 0 Å². The van der Waals surface area contributed by atoms with Crippen LogP contribution in [0.2, 0.25) is 0 Å². The van der Waals surface area contributed by atoms with Gasteiger partial charge in [-0.05, 0) is 70.2 Å². The van der Waals surface area contributed by atoms with Crippen molar-refractivity contribution in [3.05, 3.63) is 23.4 Å². The Labute approximate surface area is 123 Å². The molecule has 0 amide bonds. The number of hydrogen-bond donors (Lipinski definition) is 0. The summed E-state index contributed by atoms with van der Waals surface area (Å²) in [4.78, 5) is 9.85. The molecule has 20 heavy (non-hydrogen) atoms. The fraction of sp³-hybridized carbons (Fsp3) is 0.706. The highest BCUT2D eigenvalue weighted by Crippen LogP contribution is 2.34. The third-order valence-corrected chi connectivity index (χ3v) is 4.82. The van der Waals surface area contributed by atoms with E-state index in [0.717, 1.165) is 0 Å². The van der Waals surface area contributed by atoms with Gasteiger partial charge in [-0.2, -0.15) is 0 Å². The van der Waals surface area contributed by atoms with Crippen molar-refractivity contribution in [1.82, 2.24) is 9.88 Å². The normalized spacial score (nSPS) is 24.0. The average Bonchev–Trinajstić information content (AvgIpc) is 3.10. The number of aryl methyl sites for hydroxylation is 1. The Kier molecular flexibility index (Phi) is 3.97. The summed E-state index contributed by atoms with van der Waals surface area (Å²) in [7, 11) is 0. The minimum Gasteiger partial charge on any atom is -0.356 e. The van der Waals surface area contributed by atoms with Crippen LogP contribution in [0.25, 0.3) is 0 Å². The van der Waals surface area contributed by atoms with Gasteiger partial charge in [0.05, 0.1) is 0 Å². The Morgan fingerprint density at radius 1 is 1.15 bits per heavy atom. The Morgan fingerprint density at radius 3 is 2.55 bits per heavy atom. The molecule has 2 aliphatic heterocycles. The summed E-state index contributed by atoms with van der Waals surface area (Å²) in [6.45, 7) is 10.4. The van der Waals surface area contributed by atoms with E-state index in [1.807, 2.05) is 0 Å². The van der Waals surface area contributed by atoms with Crippen molar-refractivity contribution >= 4 is 5.82 Å². The van der Waals surface area contributed by atoms with Crippen LogP contribution in [0.15, 0.2) is 12.3 Å². The molecule has 0 unspecified atom stereocenters. The Hall–Kier alpha value is -1.09. The molecular weight excluding hydrogens is 246 g/mol. The van der Waals surface area contributed by atoms with Crippen molar-refractivity contribution in [2.24, 2.45) is 0 Å². The third-order valence-electron chi connectivity index (χ3n) is 4.82. The van der Waals surface area contributed by atoms with Gasteiger partial charge in [0.1, 0.15) is 5.82 Å². The molecule has 0 N–H and O–H groups in total. The average molecular weight is 273 g/mol. The molecule has 1 aromatic heterocycles. The molecule has 0 bridgehead atoms. The summed E-state index contributed by atoms with van der Waals surface area (Å²) in [5.74, 6) is 1.21. The van der Waals surface area contributed by atoms with Crippen LogP contribution in [0.3, 0.4) is 0 Å². The standard InChI is InChI=1S/C17H27N3/c1-13(2)20-10-6-7-16(20)15-11-14(3)17(18-12-15)19-8-4-5-9-19/h11-13,16H,4-10H2,1-3H3/t16-/m0/s1. The predicted octanol–water partition coefficient (Wildman–Crippen LogP) is 3.54. The van der Waals surface area contributed by atoms with E-state index in [9.17, 15) is 0 Å².